The van der Waals surface area contributed by atoms with Gasteiger partial charge in [-0.2, -0.15) is 0 Å². The Bertz CT molecular complexity index is 416. The minimum atomic E-state index is -0.0718. The fraction of sp³-hybridized carbons (Fsp3) is 0.500. The Balaban J connectivity index is 1.82. The molecule has 3 heteroatoms. The first kappa shape index (κ1) is 10.8. The van der Waals surface area contributed by atoms with Gasteiger partial charge in [0.2, 0.25) is 0 Å². The molecule has 0 amide bonds. The molecule has 0 spiro atoms. The van der Waals surface area contributed by atoms with Crippen LogP contribution in [0.5, 0.6) is 0 Å². The van der Waals surface area contributed by atoms with Crippen molar-refractivity contribution in [3.63, 3.8) is 0 Å². The molecule has 3 nitrogen and oxygen atoms in total. The lowest BCUT2D eigenvalue weighted by atomic mass is 9.89. The van der Waals surface area contributed by atoms with E-state index in [9.17, 15) is 0 Å². The first-order valence-electron chi connectivity index (χ1n) is 6.44. The Labute approximate surface area is 102 Å². The van der Waals surface area contributed by atoms with E-state index in [1.165, 1.54) is 24.1 Å². The number of hydrogen-bond acceptors (Lipinski definition) is 3. The van der Waals surface area contributed by atoms with Gasteiger partial charge in [0, 0.05) is 17.8 Å². The van der Waals surface area contributed by atoms with Crippen LogP contribution in [0.4, 0.5) is 5.69 Å². The first-order chi connectivity index (χ1) is 8.28. The Hall–Kier alpha value is -1.35. The van der Waals surface area contributed by atoms with Gasteiger partial charge in [-0.1, -0.05) is 25.0 Å². The molecule has 0 atom stereocenters. The quantitative estimate of drug-likeness (QED) is 0.845. The van der Waals surface area contributed by atoms with Crippen LogP contribution in [0.15, 0.2) is 29.3 Å². The molecule has 3 rings (SSSR count). The predicted octanol–water partition coefficient (Wildman–Crippen LogP) is 2.26. The maximum atomic E-state index is 6.44. The Morgan fingerprint density at radius 2 is 1.82 bits per heavy atom. The Morgan fingerprint density at radius 1 is 1.12 bits per heavy atom. The minimum absolute atomic E-state index is 0.0718. The fourth-order valence-corrected chi connectivity index (χ4v) is 2.85. The van der Waals surface area contributed by atoms with E-state index >= 15 is 0 Å². The molecule has 0 bridgehead atoms. The smallest absolute Gasteiger partial charge is 0.0895 e. The van der Waals surface area contributed by atoms with Crippen molar-refractivity contribution < 1.29 is 0 Å². The summed E-state index contributed by atoms with van der Waals surface area (Å²) in [7, 11) is 0. The molecule has 1 aliphatic heterocycles. The second-order valence-electron chi connectivity index (χ2n) is 5.13. The SMILES string of the molecule is NC1(c2ccc(N3C=NCC3)cc2)CCCC1. The molecule has 0 unspecified atom stereocenters. The maximum Gasteiger partial charge on any atom is 0.0895 e. The summed E-state index contributed by atoms with van der Waals surface area (Å²) in [4.78, 5) is 6.41. The molecule has 1 fully saturated rings. The van der Waals surface area contributed by atoms with Gasteiger partial charge in [0.15, 0.2) is 0 Å². The van der Waals surface area contributed by atoms with Gasteiger partial charge in [-0.05, 0) is 30.5 Å². The summed E-state index contributed by atoms with van der Waals surface area (Å²) in [5.74, 6) is 0. The number of nitrogens with zero attached hydrogens (tertiary/aromatic N) is 2. The number of rotatable bonds is 2. The molecule has 90 valence electrons. The van der Waals surface area contributed by atoms with Crippen LogP contribution in [0, 0.1) is 0 Å². The van der Waals surface area contributed by atoms with E-state index in [1.54, 1.807) is 0 Å². The summed E-state index contributed by atoms with van der Waals surface area (Å²) in [6.07, 6.45) is 6.69. The van der Waals surface area contributed by atoms with Crippen LogP contribution in [-0.4, -0.2) is 19.4 Å². The second-order valence-corrected chi connectivity index (χ2v) is 5.13. The average Bonchev–Trinajstić information content (AvgIpc) is 3.01. The van der Waals surface area contributed by atoms with Crippen LogP contribution in [-0.2, 0) is 5.54 Å². The summed E-state index contributed by atoms with van der Waals surface area (Å²) in [6, 6.07) is 8.71. The van der Waals surface area contributed by atoms with E-state index in [2.05, 4.69) is 34.2 Å². The van der Waals surface area contributed by atoms with Crippen molar-refractivity contribution in [3.8, 4) is 0 Å². The molecule has 1 saturated carbocycles. The van der Waals surface area contributed by atoms with Gasteiger partial charge in [-0.3, -0.25) is 4.99 Å². The molecular weight excluding hydrogens is 210 g/mol. The lowest BCUT2D eigenvalue weighted by Gasteiger charge is -2.25. The zero-order valence-corrected chi connectivity index (χ0v) is 10.1. The zero-order chi connectivity index (χ0) is 11.7. The Morgan fingerprint density at radius 3 is 2.41 bits per heavy atom. The van der Waals surface area contributed by atoms with E-state index in [0.717, 1.165) is 25.9 Å². The van der Waals surface area contributed by atoms with Crippen molar-refractivity contribution in [3.05, 3.63) is 29.8 Å². The van der Waals surface area contributed by atoms with E-state index in [4.69, 9.17) is 5.73 Å². The van der Waals surface area contributed by atoms with Gasteiger partial charge in [0.05, 0.1) is 12.9 Å². The highest BCUT2D eigenvalue weighted by Gasteiger charge is 2.30. The van der Waals surface area contributed by atoms with Crippen molar-refractivity contribution in [2.45, 2.75) is 31.2 Å². The van der Waals surface area contributed by atoms with E-state index in [-0.39, 0.29) is 5.54 Å². The fourth-order valence-electron chi connectivity index (χ4n) is 2.85. The van der Waals surface area contributed by atoms with E-state index < -0.39 is 0 Å². The van der Waals surface area contributed by atoms with Crippen LogP contribution in [0.25, 0.3) is 0 Å². The van der Waals surface area contributed by atoms with Crippen molar-refractivity contribution in [1.29, 1.82) is 0 Å². The second kappa shape index (κ2) is 4.15. The van der Waals surface area contributed by atoms with Gasteiger partial charge < -0.3 is 10.6 Å². The largest absolute Gasteiger partial charge is 0.331 e. The molecule has 2 aliphatic rings. The highest BCUT2D eigenvalue weighted by molar-refractivity contribution is 5.80. The van der Waals surface area contributed by atoms with E-state index in [0.29, 0.717) is 0 Å². The Kier molecular flexibility index (Phi) is 2.63. The van der Waals surface area contributed by atoms with Gasteiger partial charge in [0.25, 0.3) is 0 Å². The molecule has 0 aromatic heterocycles. The molecule has 0 saturated heterocycles. The molecule has 1 aromatic carbocycles. The van der Waals surface area contributed by atoms with E-state index in [1.807, 2.05) is 6.34 Å². The maximum absolute atomic E-state index is 6.44. The highest BCUT2D eigenvalue weighted by atomic mass is 15.2. The molecule has 1 aromatic rings. The lowest BCUT2D eigenvalue weighted by molar-refractivity contribution is 0.462. The number of benzene rings is 1. The zero-order valence-electron chi connectivity index (χ0n) is 10.1. The number of hydrogen-bond donors (Lipinski definition) is 1. The van der Waals surface area contributed by atoms with Crippen molar-refractivity contribution in [2.75, 3.05) is 18.0 Å². The predicted molar refractivity (Wildman–Crippen MR) is 71.5 cm³/mol. The molecule has 0 radical (unpaired) electrons. The van der Waals surface area contributed by atoms with Crippen LogP contribution in [0.2, 0.25) is 0 Å². The van der Waals surface area contributed by atoms with Crippen LogP contribution >= 0.6 is 0 Å². The lowest BCUT2D eigenvalue weighted by Crippen LogP contribution is -2.33. The topological polar surface area (TPSA) is 41.6 Å². The molecular formula is C14H19N3. The van der Waals surface area contributed by atoms with Crippen molar-refractivity contribution >= 4 is 12.0 Å². The molecule has 17 heavy (non-hydrogen) atoms. The molecule has 1 aliphatic carbocycles. The summed E-state index contributed by atoms with van der Waals surface area (Å²) in [5, 5.41) is 0. The van der Waals surface area contributed by atoms with Crippen LogP contribution in [0.3, 0.4) is 0 Å². The van der Waals surface area contributed by atoms with Gasteiger partial charge in [-0.25, -0.2) is 0 Å². The van der Waals surface area contributed by atoms with Crippen molar-refractivity contribution in [2.24, 2.45) is 10.7 Å². The third-order valence-corrected chi connectivity index (χ3v) is 3.96. The van der Waals surface area contributed by atoms with Gasteiger partial charge in [0.1, 0.15) is 0 Å². The number of nitrogens with two attached hydrogens (primary N) is 1. The molecule has 1 heterocycles. The summed E-state index contributed by atoms with van der Waals surface area (Å²) < 4.78 is 0. The normalized spacial score (nSPS) is 22.3. The molecule has 2 N–H and O–H groups in total. The summed E-state index contributed by atoms with van der Waals surface area (Å²) in [5.41, 5.74) is 8.88. The highest BCUT2D eigenvalue weighted by Crippen LogP contribution is 2.36. The van der Waals surface area contributed by atoms with Gasteiger partial charge >= 0.3 is 0 Å². The third kappa shape index (κ3) is 1.95. The number of anilines is 1. The van der Waals surface area contributed by atoms with Crippen LogP contribution < -0.4 is 10.6 Å². The summed E-state index contributed by atoms with van der Waals surface area (Å²) >= 11 is 0. The van der Waals surface area contributed by atoms with Crippen molar-refractivity contribution in [1.82, 2.24) is 0 Å². The first-order valence-corrected chi connectivity index (χ1v) is 6.44. The summed E-state index contributed by atoms with van der Waals surface area (Å²) in [6.45, 7) is 1.90. The average molecular weight is 229 g/mol. The minimum Gasteiger partial charge on any atom is -0.331 e. The monoisotopic (exact) mass is 229 g/mol. The van der Waals surface area contributed by atoms with Crippen LogP contribution in [0.1, 0.15) is 31.2 Å². The van der Waals surface area contributed by atoms with Gasteiger partial charge in [-0.15, -0.1) is 0 Å². The standard InChI is InChI=1S/C14H19N3/c15-14(7-1-2-8-14)12-3-5-13(6-4-12)17-10-9-16-11-17/h3-6,11H,1-2,7-10,15H2. The third-order valence-electron chi connectivity index (χ3n) is 3.96. The number of aliphatic imine (C=N–C) groups is 1.